The van der Waals surface area contributed by atoms with E-state index in [4.69, 9.17) is 0 Å². The van der Waals surface area contributed by atoms with E-state index in [-0.39, 0.29) is 0 Å². The Morgan fingerprint density at radius 1 is 1.19 bits per heavy atom. The predicted molar refractivity (Wildman–Crippen MR) is 112 cm³/mol. The van der Waals surface area contributed by atoms with Crippen molar-refractivity contribution in [2.45, 2.75) is 52.0 Å². The van der Waals surface area contributed by atoms with Gasteiger partial charge in [0.25, 0.3) is 0 Å². The van der Waals surface area contributed by atoms with Crippen molar-refractivity contribution in [1.29, 1.82) is 0 Å². The van der Waals surface area contributed by atoms with E-state index in [9.17, 15) is 0 Å². The molecule has 6 heteroatoms. The first-order chi connectivity index (χ1) is 13.1. The zero-order chi connectivity index (χ0) is 19.2. The molecule has 0 bridgehead atoms. The van der Waals surface area contributed by atoms with Gasteiger partial charge in [-0.3, -0.25) is 14.6 Å². The van der Waals surface area contributed by atoms with Crippen LogP contribution in [0.5, 0.6) is 0 Å². The quantitative estimate of drug-likeness (QED) is 0.635. The molecule has 0 atom stereocenters. The summed E-state index contributed by atoms with van der Waals surface area (Å²) in [6, 6.07) is 0.808. The number of hydrogen-bond donors (Lipinski definition) is 1. The van der Waals surface area contributed by atoms with Gasteiger partial charge in [-0.15, -0.1) is 0 Å². The predicted octanol–water partition coefficient (Wildman–Crippen LogP) is 2.37. The Bertz CT molecular complexity index is 592. The molecule has 0 unspecified atom stereocenters. The minimum Gasteiger partial charge on any atom is -0.356 e. The largest absolute Gasteiger partial charge is 0.356 e. The third kappa shape index (κ3) is 5.47. The molecule has 0 radical (unpaired) electrons. The van der Waals surface area contributed by atoms with Crippen LogP contribution in [0.25, 0.3) is 0 Å². The third-order valence-corrected chi connectivity index (χ3v) is 6.48. The molecule has 1 saturated heterocycles. The van der Waals surface area contributed by atoms with Gasteiger partial charge in [-0.1, -0.05) is 13.8 Å². The monoisotopic (exact) mass is 374 g/mol. The van der Waals surface area contributed by atoms with Crippen molar-refractivity contribution in [2.24, 2.45) is 23.9 Å². The smallest absolute Gasteiger partial charge is 0.193 e. The van der Waals surface area contributed by atoms with Crippen molar-refractivity contribution in [2.75, 3.05) is 39.8 Å². The fraction of sp³-hybridized carbons (Fsp3) is 0.810. The summed E-state index contributed by atoms with van der Waals surface area (Å²) >= 11 is 0. The van der Waals surface area contributed by atoms with Gasteiger partial charge in [0.15, 0.2) is 5.96 Å². The highest BCUT2D eigenvalue weighted by molar-refractivity contribution is 5.80. The highest BCUT2D eigenvalue weighted by Gasteiger charge is 2.29. The molecule has 0 aromatic carbocycles. The lowest BCUT2D eigenvalue weighted by Crippen LogP contribution is -2.55. The van der Waals surface area contributed by atoms with E-state index >= 15 is 0 Å². The number of aliphatic imine (C=N–C) groups is 1. The lowest BCUT2D eigenvalue weighted by atomic mass is 9.79. The maximum atomic E-state index is 4.51. The van der Waals surface area contributed by atoms with Crippen molar-refractivity contribution >= 4 is 5.96 Å². The van der Waals surface area contributed by atoms with E-state index < -0.39 is 0 Å². The standard InChI is InChI=1S/C21H38N6/c1-17(2)19-5-7-20(8-6-19)26-11-13-27(14-12-26)21(22-3)23-10-9-18-15-24-25(4)16-18/h15-17,19-20H,5-14H2,1-4H3,(H,22,23). The van der Waals surface area contributed by atoms with Crippen LogP contribution in [-0.4, -0.2) is 71.4 Å². The normalized spacial score (nSPS) is 25.2. The molecule has 1 N–H and O–H groups in total. The number of rotatable bonds is 5. The highest BCUT2D eigenvalue weighted by atomic mass is 15.3. The molecule has 2 fully saturated rings. The van der Waals surface area contributed by atoms with E-state index in [1.165, 1.54) is 44.3 Å². The van der Waals surface area contributed by atoms with Gasteiger partial charge < -0.3 is 10.2 Å². The minimum absolute atomic E-state index is 0.808. The van der Waals surface area contributed by atoms with Crippen molar-refractivity contribution < 1.29 is 0 Å². The number of hydrogen-bond acceptors (Lipinski definition) is 3. The first kappa shape index (κ1) is 20.2. The lowest BCUT2D eigenvalue weighted by molar-refractivity contribution is 0.0864. The Morgan fingerprint density at radius 2 is 1.89 bits per heavy atom. The van der Waals surface area contributed by atoms with E-state index in [0.717, 1.165) is 49.9 Å². The fourth-order valence-corrected chi connectivity index (χ4v) is 4.68. The average molecular weight is 375 g/mol. The van der Waals surface area contributed by atoms with Gasteiger partial charge in [-0.25, -0.2) is 0 Å². The molecular formula is C21H38N6. The summed E-state index contributed by atoms with van der Waals surface area (Å²) in [4.78, 5) is 9.66. The molecule has 1 saturated carbocycles. The first-order valence-electron chi connectivity index (χ1n) is 10.7. The van der Waals surface area contributed by atoms with Crippen LogP contribution in [0.2, 0.25) is 0 Å². The molecule has 6 nitrogen and oxygen atoms in total. The van der Waals surface area contributed by atoms with Crippen LogP contribution in [0.3, 0.4) is 0 Å². The van der Waals surface area contributed by atoms with Crippen LogP contribution in [-0.2, 0) is 13.5 Å². The second-order valence-corrected chi connectivity index (χ2v) is 8.58. The zero-order valence-corrected chi connectivity index (χ0v) is 17.7. The maximum Gasteiger partial charge on any atom is 0.193 e. The minimum atomic E-state index is 0.808. The first-order valence-corrected chi connectivity index (χ1v) is 10.7. The number of nitrogens with one attached hydrogen (secondary N) is 1. The number of nitrogens with zero attached hydrogens (tertiary/aromatic N) is 5. The van der Waals surface area contributed by atoms with Gasteiger partial charge in [0.2, 0.25) is 0 Å². The van der Waals surface area contributed by atoms with Crippen LogP contribution in [0.4, 0.5) is 0 Å². The lowest BCUT2D eigenvalue weighted by Gasteiger charge is -2.43. The van der Waals surface area contributed by atoms with Crippen LogP contribution >= 0.6 is 0 Å². The third-order valence-electron chi connectivity index (χ3n) is 6.48. The topological polar surface area (TPSA) is 48.7 Å². The second-order valence-electron chi connectivity index (χ2n) is 8.58. The molecule has 0 spiro atoms. The molecule has 0 amide bonds. The Balaban J connectivity index is 1.39. The van der Waals surface area contributed by atoms with E-state index in [2.05, 4.69) is 45.3 Å². The number of piperazine rings is 1. The Labute approximate surface area is 165 Å². The SMILES string of the molecule is CN=C(NCCc1cnn(C)c1)N1CCN(C2CCC(C(C)C)CC2)CC1. The second kappa shape index (κ2) is 9.58. The molecule has 1 aliphatic carbocycles. The summed E-state index contributed by atoms with van der Waals surface area (Å²) in [6.07, 6.45) is 10.6. The van der Waals surface area contributed by atoms with Gasteiger partial charge >= 0.3 is 0 Å². The molecule has 3 rings (SSSR count). The maximum absolute atomic E-state index is 4.51. The molecular weight excluding hydrogens is 336 g/mol. The fourth-order valence-electron chi connectivity index (χ4n) is 4.68. The van der Waals surface area contributed by atoms with Gasteiger partial charge in [-0.2, -0.15) is 5.10 Å². The van der Waals surface area contributed by atoms with Crippen molar-refractivity contribution in [3.05, 3.63) is 18.0 Å². The van der Waals surface area contributed by atoms with Crippen LogP contribution in [0.15, 0.2) is 17.4 Å². The summed E-state index contributed by atoms with van der Waals surface area (Å²) in [6.45, 7) is 10.2. The van der Waals surface area contributed by atoms with Crippen LogP contribution < -0.4 is 5.32 Å². The van der Waals surface area contributed by atoms with Gasteiger partial charge in [0.05, 0.1) is 6.20 Å². The summed E-state index contributed by atoms with van der Waals surface area (Å²) < 4.78 is 1.86. The summed E-state index contributed by atoms with van der Waals surface area (Å²) in [5.41, 5.74) is 1.27. The Hall–Kier alpha value is -1.56. The average Bonchev–Trinajstić information content (AvgIpc) is 3.11. The molecule has 2 heterocycles. The number of guanidine groups is 1. The van der Waals surface area contributed by atoms with E-state index in [1.807, 2.05) is 25.0 Å². The summed E-state index contributed by atoms with van der Waals surface area (Å²) in [5.74, 6) is 2.84. The van der Waals surface area contributed by atoms with Gasteiger partial charge in [0, 0.05) is 59.1 Å². The van der Waals surface area contributed by atoms with Crippen molar-refractivity contribution in [1.82, 2.24) is 24.9 Å². The number of aryl methyl sites for hydroxylation is 1. The number of aromatic nitrogens is 2. The van der Waals surface area contributed by atoms with Crippen molar-refractivity contribution in [3.63, 3.8) is 0 Å². The van der Waals surface area contributed by atoms with Gasteiger partial charge in [-0.05, 0) is 49.5 Å². The van der Waals surface area contributed by atoms with E-state index in [0.29, 0.717) is 0 Å². The Morgan fingerprint density at radius 3 is 2.44 bits per heavy atom. The van der Waals surface area contributed by atoms with Crippen LogP contribution in [0.1, 0.15) is 45.1 Å². The van der Waals surface area contributed by atoms with Crippen LogP contribution in [0, 0.1) is 11.8 Å². The van der Waals surface area contributed by atoms with E-state index in [1.54, 1.807) is 0 Å². The zero-order valence-electron chi connectivity index (χ0n) is 17.7. The highest BCUT2D eigenvalue weighted by Crippen LogP contribution is 2.32. The molecule has 27 heavy (non-hydrogen) atoms. The van der Waals surface area contributed by atoms with Crippen molar-refractivity contribution in [3.8, 4) is 0 Å². The summed E-state index contributed by atoms with van der Waals surface area (Å²) in [5, 5.41) is 7.76. The molecule has 1 aromatic heterocycles. The summed E-state index contributed by atoms with van der Waals surface area (Å²) in [7, 11) is 3.86. The van der Waals surface area contributed by atoms with Gasteiger partial charge in [0.1, 0.15) is 0 Å². The molecule has 1 aromatic rings. The molecule has 2 aliphatic rings. The molecule has 1 aliphatic heterocycles. The Kier molecular flexibility index (Phi) is 7.16. The molecule has 152 valence electrons.